The maximum absolute atomic E-state index is 13.7. The molecular formula is C16H23F2N3. The predicted octanol–water partition coefficient (Wildman–Crippen LogP) is 3.03. The Hall–Kier alpha value is -1.65. The van der Waals surface area contributed by atoms with Crippen molar-refractivity contribution in [2.75, 3.05) is 13.6 Å². The minimum Gasteiger partial charge on any atom is -0.356 e. The average molecular weight is 295 g/mol. The molecule has 3 nitrogen and oxygen atoms in total. The maximum Gasteiger partial charge on any atom is 0.191 e. The van der Waals surface area contributed by atoms with Gasteiger partial charge >= 0.3 is 0 Å². The molecule has 0 radical (unpaired) electrons. The number of halogens is 2. The van der Waals surface area contributed by atoms with Crippen LogP contribution in [0.15, 0.2) is 23.2 Å². The monoisotopic (exact) mass is 295 g/mol. The van der Waals surface area contributed by atoms with Crippen molar-refractivity contribution in [1.29, 1.82) is 0 Å². The van der Waals surface area contributed by atoms with Crippen LogP contribution in [0, 0.1) is 17.6 Å². The second kappa shape index (κ2) is 6.87. The van der Waals surface area contributed by atoms with Gasteiger partial charge in [0.1, 0.15) is 11.6 Å². The molecule has 0 spiro atoms. The fourth-order valence-electron chi connectivity index (χ4n) is 2.39. The SMILES string of the molecule is CN=C(NCCC(C)C)NC1CC1c1c(F)cccc1F. The highest BCUT2D eigenvalue weighted by Crippen LogP contribution is 2.42. The van der Waals surface area contributed by atoms with Crippen LogP contribution in [0.5, 0.6) is 0 Å². The quantitative estimate of drug-likeness (QED) is 0.647. The zero-order chi connectivity index (χ0) is 15.4. The summed E-state index contributed by atoms with van der Waals surface area (Å²) >= 11 is 0. The molecule has 5 heteroatoms. The molecule has 0 saturated heterocycles. The number of benzene rings is 1. The summed E-state index contributed by atoms with van der Waals surface area (Å²) in [5, 5.41) is 6.45. The Bertz CT molecular complexity index is 494. The molecule has 2 unspecified atom stereocenters. The first-order valence-corrected chi connectivity index (χ1v) is 7.44. The van der Waals surface area contributed by atoms with Gasteiger partial charge in [0.25, 0.3) is 0 Å². The Kier molecular flexibility index (Phi) is 5.15. The fourth-order valence-corrected chi connectivity index (χ4v) is 2.39. The van der Waals surface area contributed by atoms with E-state index in [4.69, 9.17) is 0 Å². The van der Waals surface area contributed by atoms with Gasteiger partial charge in [0.05, 0.1) is 0 Å². The van der Waals surface area contributed by atoms with Gasteiger partial charge in [0.2, 0.25) is 0 Å². The number of hydrogen-bond donors (Lipinski definition) is 2. The highest BCUT2D eigenvalue weighted by atomic mass is 19.1. The molecule has 0 heterocycles. The van der Waals surface area contributed by atoms with Crippen LogP contribution in [-0.4, -0.2) is 25.6 Å². The topological polar surface area (TPSA) is 36.4 Å². The first kappa shape index (κ1) is 15.7. The smallest absolute Gasteiger partial charge is 0.191 e. The van der Waals surface area contributed by atoms with Crippen molar-refractivity contribution >= 4 is 5.96 Å². The molecule has 1 aliphatic carbocycles. The van der Waals surface area contributed by atoms with E-state index in [1.54, 1.807) is 7.05 Å². The molecule has 1 aromatic carbocycles. The van der Waals surface area contributed by atoms with Gasteiger partial charge in [-0.3, -0.25) is 4.99 Å². The summed E-state index contributed by atoms with van der Waals surface area (Å²) in [7, 11) is 1.70. The Morgan fingerprint density at radius 2 is 2.00 bits per heavy atom. The average Bonchev–Trinajstić information content (AvgIpc) is 3.16. The van der Waals surface area contributed by atoms with Gasteiger partial charge < -0.3 is 10.6 Å². The van der Waals surface area contributed by atoms with Gasteiger partial charge in [-0.25, -0.2) is 8.78 Å². The van der Waals surface area contributed by atoms with E-state index < -0.39 is 11.6 Å². The van der Waals surface area contributed by atoms with Gasteiger partial charge in [-0.05, 0) is 30.9 Å². The molecule has 2 rings (SSSR count). The van der Waals surface area contributed by atoms with E-state index in [-0.39, 0.29) is 17.5 Å². The third-order valence-corrected chi connectivity index (χ3v) is 3.72. The number of hydrogen-bond acceptors (Lipinski definition) is 1. The van der Waals surface area contributed by atoms with E-state index >= 15 is 0 Å². The third-order valence-electron chi connectivity index (χ3n) is 3.72. The lowest BCUT2D eigenvalue weighted by Gasteiger charge is -2.13. The zero-order valence-electron chi connectivity index (χ0n) is 12.8. The van der Waals surface area contributed by atoms with Crippen LogP contribution >= 0.6 is 0 Å². The molecule has 1 saturated carbocycles. The first-order chi connectivity index (χ1) is 10.0. The summed E-state index contributed by atoms with van der Waals surface area (Å²) in [5.74, 6) is 0.269. The molecule has 2 atom stereocenters. The molecule has 0 aliphatic heterocycles. The van der Waals surface area contributed by atoms with Gasteiger partial charge in [0, 0.05) is 31.1 Å². The Labute approximate surface area is 124 Å². The Morgan fingerprint density at radius 1 is 1.33 bits per heavy atom. The molecule has 116 valence electrons. The molecule has 0 amide bonds. The van der Waals surface area contributed by atoms with Crippen molar-refractivity contribution < 1.29 is 8.78 Å². The molecule has 0 bridgehead atoms. The van der Waals surface area contributed by atoms with Gasteiger partial charge in [-0.1, -0.05) is 19.9 Å². The largest absolute Gasteiger partial charge is 0.356 e. The molecular weight excluding hydrogens is 272 g/mol. The summed E-state index contributed by atoms with van der Waals surface area (Å²) < 4.78 is 27.4. The van der Waals surface area contributed by atoms with Crippen molar-refractivity contribution in [3.05, 3.63) is 35.4 Å². The lowest BCUT2D eigenvalue weighted by molar-refractivity contribution is 0.552. The number of aliphatic imine (C=N–C) groups is 1. The summed E-state index contributed by atoms with van der Waals surface area (Å²) in [4.78, 5) is 4.14. The van der Waals surface area contributed by atoms with Gasteiger partial charge in [-0.15, -0.1) is 0 Å². The summed E-state index contributed by atoms with van der Waals surface area (Å²) in [6.45, 7) is 5.16. The fraction of sp³-hybridized carbons (Fsp3) is 0.562. The maximum atomic E-state index is 13.7. The minimum atomic E-state index is -0.466. The van der Waals surface area contributed by atoms with E-state index in [2.05, 4.69) is 29.5 Å². The van der Waals surface area contributed by atoms with E-state index in [1.165, 1.54) is 18.2 Å². The van der Waals surface area contributed by atoms with Crippen molar-refractivity contribution in [1.82, 2.24) is 10.6 Å². The number of nitrogens with one attached hydrogen (secondary N) is 2. The third kappa shape index (κ3) is 4.16. The van der Waals surface area contributed by atoms with Crippen LogP contribution in [0.4, 0.5) is 8.78 Å². The van der Waals surface area contributed by atoms with Crippen LogP contribution in [0.25, 0.3) is 0 Å². The van der Waals surface area contributed by atoms with Gasteiger partial charge in [0.15, 0.2) is 5.96 Å². The second-order valence-electron chi connectivity index (χ2n) is 5.91. The minimum absolute atomic E-state index is 0.0432. The lowest BCUT2D eigenvalue weighted by Crippen LogP contribution is -2.39. The van der Waals surface area contributed by atoms with Gasteiger partial charge in [-0.2, -0.15) is 0 Å². The number of rotatable bonds is 5. The van der Waals surface area contributed by atoms with Crippen LogP contribution in [0.2, 0.25) is 0 Å². The Balaban J connectivity index is 1.88. The normalized spacial score (nSPS) is 21.5. The number of nitrogens with zero attached hydrogens (tertiary/aromatic N) is 1. The molecule has 21 heavy (non-hydrogen) atoms. The van der Waals surface area contributed by atoms with E-state index in [9.17, 15) is 8.78 Å². The van der Waals surface area contributed by atoms with Crippen molar-refractivity contribution in [2.24, 2.45) is 10.9 Å². The van der Waals surface area contributed by atoms with Crippen molar-refractivity contribution in [3.63, 3.8) is 0 Å². The number of guanidine groups is 1. The molecule has 1 aromatic rings. The van der Waals surface area contributed by atoms with Crippen molar-refractivity contribution in [2.45, 2.75) is 38.6 Å². The highest BCUT2D eigenvalue weighted by molar-refractivity contribution is 5.80. The predicted molar refractivity (Wildman–Crippen MR) is 81.5 cm³/mol. The second-order valence-corrected chi connectivity index (χ2v) is 5.91. The van der Waals surface area contributed by atoms with Crippen LogP contribution in [0.3, 0.4) is 0 Å². The van der Waals surface area contributed by atoms with Crippen LogP contribution in [-0.2, 0) is 0 Å². The van der Waals surface area contributed by atoms with Crippen molar-refractivity contribution in [3.8, 4) is 0 Å². The summed E-state index contributed by atoms with van der Waals surface area (Å²) in [6, 6.07) is 4.06. The summed E-state index contributed by atoms with van der Waals surface area (Å²) in [6.07, 6.45) is 1.78. The van der Waals surface area contributed by atoms with E-state index in [1.807, 2.05) is 0 Å². The Morgan fingerprint density at radius 3 is 2.57 bits per heavy atom. The van der Waals surface area contributed by atoms with E-state index in [0.717, 1.165) is 19.4 Å². The standard InChI is InChI=1S/C16H23F2N3/c1-10(2)7-8-20-16(19-3)21-14-9-11(14)15-12(17)5-4-6-13(15)18/h4-6,10-11,14H,7-9H2,1-3H3,(H2,19,20,21). The molecule has 1 aliphatic rings. The zero-order valence-corrected chi connectivity index (χ0v) is 12.8. The molecule has 1 fully saturated rings. The molecule has 2 N–H and O–H groups in total. The lowest BCUT2D eigenvalue weighted by atomic mass is 10.1. The molecule has 0 aromatic heterocycles. The first-order valence-electron chi connectivity index (χ1n) is 7.44. The van der Waals surface area contributed by atoms with Crippen LogP contribution < -0.4 is 10.6 Å². The highest BCUT2D eigenvalue weighted by Gasteiger charge is 2.42. The van der Waals surface area contributed by atoms with Crippen LogP contribution in [0.1, 0.15) is 38.2 Å². The van der Waals surface area contributed by atoms with E-state index in [0.29, 0.717) is 11.9 Å². The summed E-state index contributed by atoms with van der Waals surface area (Å²) in [5.41, 5.74) is 0.188.